The number of carboxylic acids is 1. The van der Waals surface area contributed by atoms with Crippen molar-refractivity contribution in [3.63, 3.8) is 0 Å². The lowest BCUT2D eigenvalue weighted by molar-refractivity contribution is -0.138. The number of ether oxygens (including phenoxy) is 1. The van der Waals surface area contributed by atoms with E-state index in [-0.39, 0.29) is 0 Å². The zero-order valence-electron chi connectivity index (χ0n) is 11.2. The molecule has 0 saturated carbocycles. The molecule has 0 heterocycles. The van der Waals surface area contributed by atoms with Crippen LogP contribution in [0.3, 0.4) is 0 Å². The molecule has 1 aromatic carbocycles. The van der Waals surface area contributed by atoms with Crippen LogP contribution in [0.1, 0.15) is 22.3 Å². The van der Waals surface area contributed by atoms with Gasteiger partial charge in [0.1, 0.15) is 0 Å². The van der Waals surface area contributed by atoms with E-state index in [0.717, 1.165) is 12.1 Å². The maximum Gasteiger partial charge on any atom is 0.417 e. The maximum atomic E-state index is 12.7. The topological polar surface area (TPSA) is 49.8 Å². The van der Waals surface area contributed by atoms with Crippen molar-refractivity contribution in [3.05, 3.63) is 29.3 Å². The first-order valence-corrected chi connectivity index (χ1v) is 5.92. The van der Waals surface area contributed by atoms with Gasteiger partial charge in [0.05, 0.1) is 11.1 Å². The average molecular weight is 291 g/mol. The molecule has 0 unspecified atom stereocenters. The van der Waals surface area contributed by atoms with Gasteiger partial charge in [-0.3, -0.25) is 0 Å². The number of aromatic carboxylic acids is 1. The van der Waals surface area contributed by atoms with Gasteiger partial charge in [-0.1, -0.05) is 0 Å². The summed E-state index contributed by atoms with van der Waals surface area (Å²) in [5, 5.41) is 8.91. The van der Waals surface area contributed by atoms with Gasteiger partial charge in [0.15, 0.2) is 0 Å². The fourth-order valence-corrected chi connectivity index (χ4v) is 1.77. The minimum Gasteiger partial charge on any atom is -0.478 e. The third-order valence-electron chi connectivity index (χ3n) is 2.82. The van der Waals surface area contributed by atoms with E-state index < -0.39 is 23.3 Å². The zero-order valence-corrected chi connectivity index (χ0v) is 11.2. The molecule has 0 spiro atoms. The van der Waals surface area contributed by atoms with Crippen LogP contribution in [0.5, 0.6) is 0 Å². The molecule has 1 N–H and O–H groups in total. The molecule has 0 aromatic heterocycles. The third kappa shape index (κ3) is 4.12. The number of nitrogens with zero attached hydrogens (tertiary/aromatic N) is 1. The zero-order chi connectivity index (χ0) is 15.3. The van der Waals surface area contributed by atoms with Crippen molar-refractivity contribution in [3.8, 4) is 0 Å². The molecule has 0 bridgehead atoms. The standard InChI is InChI=1S/C13H16F3NO3/c1-17(6-3-7-20-2)9-4-5-11(13(14,15)16)10(8-9)12(18)19/h4-5,8H,3,6-7H2,1-2H3,(H,18,19). The molecule has 112 valence electrons. The molecular formula is C13H16F3NO3. The van der Waals surface area contributed by atoms with Gasteiger partial charge in [0.25, 0.3) is 0 Å². The SMILES string of the molecule is COCCCN(C)c1ccc(C(F)(F)F)c(C(=O)O)c1. The second-order valence-electron chi connectivity index (χ2n) is 4.30. The normalized spacial score (nSPS) is 11.4. The van der Waals surface area contributed by atoms with Crippen LogP contribution in [-0.2, 0) is 10.9 Å². The van der Waals surface area contributed by atoms with Crippen molar-refractivity contribution in [2.75, 3.05) is 32.2 Å². The molecule has 0 amide bonds. The molecule has 0 atom stereocenters. The van der Waals surface area contributed by atoms with Gasteiger partial charge in [-0.05, 0) is 24.6 Å². The van der Waals surface area contributed by atoms with Crippen LogP contribution in [0, 0.1) is 0 Å². The Kier molecular flexibility index (Phi) is 5.38. The van der Waals surface area contributed by atoms with E-state index >= 15 is 0 Å². The summed E-state index contributed by atoms with van der Waals surface area (Å²) in [5.74, 6) is -1.59. The molecule has 4 nitrogen and oxygen atoms in total. The van der Waals surface area contributed by atoms with E-state index in [2.05, 4.69) is 0 Å². The van der Waals surface area contributed by atoms with E-state index in [1.54, 1.807) is 19.1 Å². The molecular weight excluding hydrogens is 275 g/mol. The quantitative estimate of drug-likeness (QED) is 0.819. The Balaban J connectivity index is 3.02. The van der Waals surface area contributed by atoms with Crippen LogP contribution in [0.4, 0.5) is 18.9 Å². The number of carboxylic acid groups (broad SMARTS) is 1. The number of alkyl halides is 3. The molecule has 1 aromatic rings. The van der Waals surface area contributed by atoms with E-state index in [1.165, 1.54) is 6.07 Å². The highest BCUT2D eigenvalue weighted by Gasteiger charge is 2.35. The maximum absolute atomic E-state index is 12.7. The summed E-state index contributed by atoms with van der Waals surface area (Å²) in [5.41, 5.74) is -1.46. The van der Waals surface area contributed by atoms with Crippen molar-refractivity contribution in [1.82, 2.24) is 0 Å². The molecule has 7 heteroatoms. The van der Waals surface area contributed by atoms with Gasteiger partial charge in [-0.2, -0.15) is 13.2 Å². The van der Waals surface area contributed by atoms with Crippen LogP contribution in [0.2, 0.25) is 0 Å². The predicted octanol–water partition coefficient (Wildman–Crippen LogP) is 2.88. The highest BCUT2D eigenvalue weighted by atomic mass is 19.4. The van der Waals surface area contributed by atoms with Crippen LogP contribution < -0.4 is 4.90 Å². The van der Waals surface area contributed by atoms with Gasteiger partial charge in [0, 0.05) is 33.0 Å². The molecule has 1 rings (SSSR count). The molecule has 0 radical (unpaired) electrons. The van der Waals surface area contributed by atoms with E-state index in [9.17, 15) is 18.0 Å². The number of hydrogen-bond donors (Lipinski definition) is 1. The lowest BCUT2D eigenvalue weighted by Crippen LogP contribution is -2.21. The smallest absolute Gasteiger partial charge is 0.417 e. The second kappa shape index (κ2) is 6.60. The molecule has 0 aliphatic heterocycles. The Labute approximate surface area is 114 Å². The Bertz CT molecular complexity index is 474. The second-order valence-corrected chi connectivity index (χ2v) is 4.30. The van der Waals surface area contributed by atoms with Crippen LogP contribution in [0.15, 0.2) is 18.2 Å². The summed E-state index contributed by atoms with van der Waals surface area (Å²) < 4.78 is 43.0. The third-order valence-corrected chi connectivity index (χ3v) is 2.82. The Morgan fingerprint density at radius 3 is 2.55 bits per heavy atom. The summed E-state index contributed by atoms with van der Waals surface area (Å²) in [7, 11) is 3.24. The predicted molar refractivity (Wildman–Crippen MR) is 68.2 cm³/mol. The van der Waals surface area contributed by atoms with Gasteiger partial charge >= 0.3 is 12.1 Å². The van der Waals surface area contributed by atoms with Crippen molar-refractivity contribution < 1.29 is 27.8 Å². The van der Waals surface area contributed by atoms with E-state index in [1.807, 2.05) is 0 Å². The van der Waals surface area contributed by atoms with Crippen molar-refractivity contribution >= 4 is 11.7 Å². The van der Waals surface area contributed by atoms with Gasteiger partial charge in [0.2, 0.25) is 0 Å². The van der Waals surface area contributed by atoms with Gasteiger partial charge in [-0.25, -0.2) is 4.79 Å². The summed E-state index contributed by atoms with van der Waals surface area (Å²) in [6.07, 6.45) is -3.99. The van der Waals surface area contributed by atoms with Crippen LogP contribution in [0.25, 0.3) is 0 Å². The number of hydrogen-bond acceptors (Lipinski definition) is 3. The average Bonchev–Trinajstić information content (AvgIpc) is 2.37. The molecule has 0 fully saturated rings. The van der Waals surface area contributed by atoms with Gasteiger partial charge < -0.3 is 14.7 Å². The first-order chi connectivity index (χ1) is 9.27. The van der Waals surface area contributed by atoms with E-state index in [0.29, 0.717) is 25.3 Å². The van der Waals surface area contributed by atoms with Crippen molar-refractivity contribution in [2.45, 2.75) is 12.6 Å². The molecule has 0 aliphatic carbocycles. The lowest BCUT2D eigenvalue weighted by atomic mass is 10.1. The number of halogens is 3. The monoisotopic (exact) mass is 291 g/mol. The highest BCUT2D eigenvalue weighted by Crippen LogP contribution is 2.33. The van der Waals surface area contributed by atoms with Crippen molar-refractivity contribution in [2.24, 2.45) is 0 Å². The Morgan fingerprint density at radius 1 is 1.40 bits per heavy atom. The number of methoxy groups -OCH3 is 1. The Hall–Kier alpha value is -1.76. The minimum atomic E-state index is -4.68. The van der Waals surface area contributed by atoms with Gasteiger partial charge in [-0.15, -0.1) is 0 Å². The van der Waals surface area contributed by atoms with Crippen molar-refractivity contribution in [1.29, 1.82) is 0 Å². The molecule has 0 aliphatic rings. The largest absolute Gasteiger partial charge is 0.478 e. The highest BCUT2D eigenvalue weighted by molar-refractivity contribution is 5.91. The van der Waals surface area contributed by atoms with Crippen LogP contribution >= 0.6 is 0 Å². The minimum absolute atomic E-state index is 0.423. The summed E-state index contributed by atoms with van der Waals surface area (Å²) in [6.45, 7) is 1.08. The first-order valence-electron chi connectivity index (χ1n) is 5.92. The summed E-state index contributed by atoms with van der Waals surface area (Å²) >= 11 is 0. The lowest BCUT2D eigenvalue weighted by Gasteiger charge is -2.21. The number of rotatable bonds is 6. The van der Waals surface area contributed by atoms with Crippen LogP contribution in [-0.4, -0.2) is 38.4 Å². The first kappa shape index (κ1) is 16.3. The molecule has 20 heavy (non-hydrogen) atoms. The fourth-order valence-electron chi connectivity index (χ4n) is 1.77. The number of benzene rings is 1. The summed E-state index contributed by atoms with van der Waals surface area (Å²) in [4.78, 5) is 12.7. The molecule has 0 saturated heterocycles. The number of carbonyl (C=O) groups is 1. The number of anilines is 1. The summed E-state index contributed by atoms with van der Waals surface area (Å²) in [6, 6.07) is 3.10. The Morgan fingerprint density at radius 2 is 2.05 bits per heavy atom. The fraction of sp³-hybridized carbons (Fsp3) is 0.462. The van der Waals surface area contributed by atoms with E-state index in [4.69, 9.17) is 9.84 Å².